The quantitative estimate of drug-likeness (QED) is 0.758. The standard InChI is InChI=1S/C15H17N5OS/c1-10-6-11(2)20(19-10)9-12-7-14(18-17-12)15(21)16-8-13-4-3-5-22-13/h3-7H,8-9H2,1-2H3,(H,16,21)(H,17,18). The second kappa shape index (κ2) is 6.15. The van der Waals surface area contributed by atoms with Gasteiger partial charge in [0.25, 0.3) is 5.91 Å². The number of thiophene rings is 1. The number of H-pyrrole nitrogens is 1. The van der Waals surface area contributed by atoms with Gasteiger partial charge in [-0.1, -0.05) is 6.07 Å². The van der Waals surface area contributed by atoms with E-state index < -0.39 is 0 Å². The van der Waals surface area contributed by atoms with E-state index in [1.54, 1.807) is 17.4 Å². The predicted octanol–water partition coefficient (Wildman–Crippen LogP) is 2.26. The van der Waals surface area contributed by atoms with Gasteiger partial charge in [0.15, 0.2) is 0 Å². The van der Waals surface area contributed by atoms with E-state index >= 15 is 0 Å². The lowest BCUT2D eigenvalue weighted by Crippen LogP contribution is -2.22. The molecule has 6 nitrogen and oxygen atoms in total. The van der Waals surface area contributed by atoms with E-state index in [9.17, 15) is 4.79 Å². The summed E-state index contributed by atoms with van der Waals surface area (Å²) in [6, 6.07) is 7.74. The molecule has 0 fully saturated rings. The number of aryl methyl sites for hydroxylation is 2. The van der Waals surface area contributed by atoms with Crippen LogP contribution in [0.15, 0.2) is 29.6 Å². The summed E-state index contributed by atoms with van der Waals surface area (Å²) in [5.41, 5.74) is 3.31. The lowest BCUT2D eigenvalue weighted by molar-refractivity contribution is 0.0946. The van der Waals surface area contributed by atoms with Crippen LogP contribution in [-0.2, 0) is 13.1 Å². The van der Waals surface area contributed by atoms with Crippen LogP contribution < -0.4 is 5.32 Å². The van der Waals surface area contributed by atoms with Crippen LogP contribution in [0.3, 0.4) is 0 Å². The van der Waals surface area contributed by atoms with Gasteiger partial charge in [0.1, 0.15) is 5.69 Å². The molecule has 0 aliphatic carbocycles. The number of nitrogens with zero attached hydrogens (tertiary/aromatic N) is 3. The summed E-state index contributed by atoms with van der Waals surface area (Å²) < 4.78 is 1.89. The van der Waals surface area contributed by atoms with Crippen LogP contribution >= 0.6 is 11.3 Å². The second-order valence-electron chi connectivity index (χ2n) is 5.13. The first-order valence-corrected chi connectivity index (χ1v) is 7.85. The lowest BCUT2D eigenvalue weighted by Gasteiger charge is -2.01. The maximum atomic E-state index is 12.1. The molecule has 0 aromatic carbocycles. The number of carbonyl (C=O) groups excluding carboxylic acids is 1. The number of aromatic amines is 1. The molecule has 1 amide bonds. The van der Waals surface area contributed by atoms with Crippen molar-refractivity contribution in [2.75, 3.05) is 0 Å². The summed E-state index contributed by atoms with van der Waals surface area (Å²) in [5, 5.41) is 16.2. The predicted molar refractivity (Wildman–Crippen MR) is 84.9 cm³/mol. The molecular formula is C15H17N5OS. The highest BCUT2D eigenvalue weighted by atomic mass is 32.1. The van der Waals surface area contributed by atoms with Crippen LogP contribution in [0.25, 0.3) is 0 Å². The van der Waals surface area contributed by atoms with Gasteiger partial charge in [-0.15, -0.1) is 11.3 Å². The Balaban J connectivity index is 1.63. The molecule has 114 valence electrons. The number of hydrogen-bond acceptors (Lipinski definition) is 4. The highest BCUT2D eigenvalue weighted by Crippen LogP contribution is 2.09. The Hall–Kier alpha value is -2.41. The number of aromatic nitrogens is 4. The minimum Gasteiger partial charge on any atom is -0.346 e. The molecule has 22 heavy (non-hydrogen) atoms. The molecule has 0 bridgehead atoms. The third-order valence-electron chi connectivity index (χ3n) is 3.29. The van der Waals surface area contributed by atoms with Crippen molar-refractivity contribution >= 4 is 17.2 Å². The van der Waals surface area contributed by atoms with Gasteiger partial charge in [0.05, 0.1) is 24.5 Å². The highest BCUT2D eigenvalue weighted by molar-refractivity contribution is 7.09. The third-order valence-corrected chi connectivity index (χ3v) is 4.17. The Morgan fingerprint density at radius 3 is 2.95 bits per heavy atom. The maximum Gasteiger partial charge on any atom is 0.272 e. The fourth-order valence-electron chi connectivity index (χ4n) is 2.23. The minimum atomic E-state index is -0.177. The van der Waals surface area contributed by atoms with Crippen molar-refractivity contribution in [2.45, 2.75) is 26.9 Å². The highest BCUT2D eigenvalue weighted by Gasteiger charge is 2.11. The summed E-state index contributed by atoms with van der Waals surface area (Å²) in [6.07, 6.45) is 0. The van der Waals surface area contributed by atoms with Crippen molar-refractivity contribution in [2.24, 2.45) is 0 Å². The molecule has 3 aromatic heterocycles. The molecule has 0 saturated carbocycles. The summed E-state index contributed by atoms with van der Waals surface area (Å²) in [6.45, 7) is 5.06. The Kier molecular flexibility index (Phi) is 4.06. The average Bonchev–Trinajstić information content (AvgIpc) is 3.20. The van der Waals surface area contributed by atoms with Crippen molar-refractivity contribution < 1.29 is 4.79 Å². The summed E-state index contributed by atoms with van der Waals surface area (Å²) >= 11 is 1.62. The monoisotopic (exact) mass is 315 g/mol. The minimum absolute atomic E-state index is 0.177. The molecule has 0 radical (unpaired) electrons. The molecular weight excluding hydrogens is 298 g/mol. The fraction of sp³-hybridized carbons (Fsp3) is 0.267. The molecule has 0 atom stereocenters. The van der Waals surface area contributed by atoms with Crippen molar-refractivity contribution in [3.63, 3.8) is 0 Å². The Bertz CT molecular complexity index is 772. The molecule has 3 heterocycles. The van der Waals surface area contributed by atoms with Crippen LogP contribution in [0.1, 0.15) is 32.4 Å². The largest absolute Gasteiger partial charge is 0.346 e. The normalized spacial score (nSPS) is 10.8. The number of amides is 1. The first kappa shape index (κ1) is 14.5. The SMILES string of the molecule is Cc1cc(C)n(Cc2cc(C(=O)NCc3cccs3)n[nH]2)n1. The van der Waals surface area contributed by atoms with Gasteiger partial charge in [-0.05, 0) is 37.4 Å². The van der Waals surface area contributed by atoms with E-state index in [1.165, 1.54) is 0 Å². The van der Waals surface area contributed by atoms with Crippen molar-refractivity contribution in [1.29, 1.82) is 0 Å². The van der Waals surface area contributed by atoms with Gasteiger partial charge < -0.3 is 5.32 Å². The lowest BCUT2D eigenvalue weighted by atomic mass is 10.3. The summed E-state index contributed by atoms with van der Waals surface area (Å²) in [4.78, 5) is 13.2. The van der Waals surface area contributed by atoms with Gasteiger partial charge in [-0.2, -0.15) is 10.2 Å². The summed E-state index contributed by atoms with van der Waals surface area (Å²) in [7, 11) is 0. The first-order chi connectivity index (χ1) is 10.6. The first-order valence-electron chi connectivity index (χ1n) is 6.98. The Morgan fingerprint density at radius 1 is 1.41 bits per heavy atom. The van der Waals surface area contributed by atoms with Crippen LogP contribution in [0.5, 0.6) is 0 Å². The van der Waals surface area contributed by atoms with E-state index in [-0.39, 0.29) is 5.91 Å². The fourth-order valence-corrected chi connectivity index (χ4v) is 2.87. The van der Waals surface area contributed by atoms with Gasteiger partial charge in [-0.25, -0.2) is 0 Å². The zero-order valence-corrected chi connectivity index (χ0v) is 13.3. The van der Waals surface area contributed by atoms with E-state index in [1.807, 2.05) is 42.1 Å². The van der Waals surface area contributed by atoms with E-state index in [0.717, 1.165) is 22.0 Å². The Morgan fingerprint density at radius 2 is 2.27 bits per heavy atom. The van der Waals surface area contributed by atoms with Crippen LogP contribution in [0.2, 0.25) is 0 Å². The molecule has 0 saturated heterocycles. The number of carbonyl (C=O) groups is 1. The molecule has 0 unspecified atom stereocenters. The molecule has 7 heteroatoms. The molecule has 3 aromatic rings. The van der Waals surface area contributed by atoms with Gasteiger partial charge in [-0.3, -0.25) is 14.6 Å². The summed E-state index contributed by atoms with van der Waals surface area (Å²) in [5.74, 6) is -0.177. The Labute approximate surface area is 132 Å². The maximum absolute atomic E-state index is 12.1. The molecule has 3 rings (SSSR count). The number of rotatable bonds is 5. The topological polar surface area (TPSA) is 75.6 Å². The second-order valence-corrected chi connectivity index (χ2v) is 6.16. The smallest absolute Gasteiger partial charge is 0.272 e. The number of nitrogens with one attached hydrogen (secondary N) is 2. The van der Waals surface area contributed by atoms with Crippen molar-refractivity contribution in [1.82, 2.24) is 25.3 Å². The number of hydrogen-bond donors (Lipinski definition) is 2. The van der Waals surface area contributed by atoms with Gasteiger partial charge in [0.2, 0.25) is 0 Å². The van der Waals surface area contributed by atoms with Gasteiger partial charge in [0, 0.05) is 10.6 Å². The molecule has 0 aliphatic heterocycles. The van der Waals surface area contributed by atoms with Crippen LogP contribution in [0, 0.1) is 13.8 Å². The van der Waals surface area contributed by atoms with Gasteiger partial charge >= 0.3 is 0 Å². The van der Waals surface area contributed by atoms with Crippen LogP contribution in [0.4, 0.5) is 0 Å². The molecule has 0 aliphatic rings. The van der Waals surface area contributed by atoms with Crippen molar-refractivity contribution in [3.05, 3.63) is 57.3 Å². The molecule has 2 N–H and O–H groups in total. The third kappa shape index (κ3) is 3.25. The van der Waals surface area contributed by atoms with Crippen LogP contribution in [-0.4, -0.2) is 25.9 Å². The average molecular weight is 315 g/mol. The van der Waals surface area contributed by atoms with Crippen molar-refractivity contribution in [3.8, 4) is 0 Å². The molecule has 0 spiro atoms. The van der Waals surface area contributed by atoms with E-state index in [0.29, 0.717) is 18.8 Å². The van der Waals surface area contributed by atoms with E-state index in [2.05, 4.69) is 20.6 Å². The van der Waals surface area contributed by atoms with E-state index in [4.69, 9.17) is 0 Å². The zero-order valence-electron chi connectivity index (χ0n) is 12.5. The zero-order chi connectivity index (χ0) is 15.5.